The minimum Gasteiger partial charge on any atom is -0.394 e. The third-order valence-electron chi connectivity index (χ3n) is 3.02. The van der Waals surface area contributed by atoms with Crippen molar-refractivity contribution in [2.45, 2.75) is 19.4 Å². The number of benzene rings is 1. The minimum atomic E-state index is -0.276. The number of rotatable bonds is 5. The molecule has 0 saturated carbocycles. The molecule has 2 aromatic rings. The van der Waals surface area contributed by atoms with Crippen molar-refractivity contribution in [3.8, 4) is 0 Å². The van der Waals surface area contributed by atoms with Crippen LogP contribution in [0.4, 0.5) is 10.1 Å². The lowest BCUT2D eigenvalue weighted by atomic mass is 10.1. The van der Waals surface area contributed by atoms with Crippen LogP contribution in [0.15, 0.2) is 30.5 Å². The Labute approximate surface area is 111 Å². The van der Waals surface area contributed by atoms with Crippen LogP contribution in [-0.2, 0) is 13.5 Å². The maximum atomic E-state index is 12.9. The first-order valence-electron chi connectivity index (χ1n) is 6.29. The molecule has 1 atom stereocenters. The largest absolute Gasteiger partial charge is 0.394 e. The van der Waals surface area contributed by atoms with E-state index in [9.17, 15) is 9.50 Å². The third kappa shape index (κ3) is 3.12. The number of nitrogens with one attached hydrogen (secondary N) is 1. The van der Waals surface area contributed by atoms with E-state index in [0.717, 1.165) is 23.4 Å². The monoisotopic (exact) mass is 263 g/mol. The van der Waals surface area contributed by atoms with Gasteiger partial charge in [-0.1, -0.05) is 6.92 Å². The second-order valence-electron chi connectivity index (χ2n) is 4.44. The normalized spacial score (nSPS) is 12.4. The van der Waals surface area contributed by atoms with Crippen molar-refractivity contribution in [1.82, 2.24) is 9.78 Å². The highest BCUT2D eigenvalue weighted by atomic mass is 19.1. The van der Waals surface area contributed by atoms with Gasteiger partial charge in [0, 0.05) is 24.5 Å². The van der Waals surface area contributed by atoms with Crippen molar-refractivity contribution in [3.05, 3.63) is 47.5 Å². The highest BCUT2D eigenvalue weighted by Crippen LogP contribution is 2.22. The predicted octanol–water partition coefficient (Wildman–Crippen LogP) is 2.27. The summed E-state index contributed by atoms with van der Waals surface area (Å²) in [5.74, 6) is -0.276. The van der Waals surface area contributed by atoms with Crippen LogP contribution in [0.25, 0.3) is 0 Å². The summed E-state index contributed by atoms with van der Waals surface area (Å²) in [6.07, 6.45) is 2.70. The van der Waals surface area contributed by atoms with Crippen molar-refractivity contribution in [2.75, 3.05) is 11.9 Å². The molecular weight excluding hydrogens is 245 g/mol. The Balaban J connectivity index is 2.22. The minimum absolute atomic E-state index is 0.0456. The Morgan fingerprint density at radius 1 is 1.37 bits per heavy atom. The van der Waals surface area contributed by atoms with Crippen LogP contribution in [0.3, 0.4) is 0 Å². The molecule has 0 saturated heterocycles. The molecule has 0 aliphatic rings. The molecule has 1 unspecified atom stereocenters. The fourth-order valence-corrected chi connectivity index (χ4v) is 2.09. The molecule has 2 rings (SSSR count). The van der Waals surface area contributed by atoms with E-state index in [4.69, 9.17) is 0 Å². The molecule has 0 radical (unpaired) electrons. The summed E-state index contributed by atoms with van der Waals surface area (Å²) in [5, 5.41) is 17.1. The first-order valence-corrected chi connectivity index (χ1v) is 6.29. The van der Waals surface area contributed by atoms with Gasteiger partial charge in [-0.2, -0.15) is 5.10 Å². The van der Waals surface area contributed by atoms with Crippen molar-refractivity contribution >= 4 is 5.69 Å². The van der Waals surface area contributed by atoms with Gasteiger partial charge in [-0.15, -0.1) is 0 Å². The number of nitrogens with zero attached hydrogens (tertiary/aromatic N) is 2. The summed E-state index contributed by atoms with van der Waals surface area (Å²) in [7, 11) is 1.86. The van der Waals surface area contributed by atoms with Crippen molar-refractivity contribution in [1.29, 1.82) is 0 Å². The topological polar surface area (TPSA) is 50.1 Å². The van der Waals surface area contributed by atoms with E-state index in [1.54, 1.807) is 16.8 Å². The fourth-order valence-electron chi connectivity index (χ4n) is 2.09. The average molecular weight is 263 g/mol. The van der Waals surface area contributed by atoms with Crippen molar-refractivity contribution < 1.29 is 9.50 Å². The van der Waals surface area contributed by atoms with Gasteiger partial charge in [0.05, 0.1) is 18.3 Å². The maximum Gasteiger partial charge on any atom is 0.123 e. The zero-order valence-corrected chi connectivity index (χ0v) is 11.1. The van der Waals surface area contributed by atoms with E-state index in [2.05, 4.69) is 10.4 Å². The van der Waals surface area contributed by atoms with Crippen LogP contribution in [0.1, 0.15) is 24.2 Å². The second-order valence-corrected chi connectivity index (χ2v) is 4.44. The molecule has 2 N–H and O–H groups in total. The molecule has 0 aliphatic heterocycles. The average Bonchev–Trinajstić information content (AvgIpc) is 2.79. The van der Waals surface area contributed by atoms with E-state index >= 15 is 0 Å². The molecular formula is C14H18FN3O. The first-order chi connectivity index (χ1) is 9.13. The Morgan fingerprint density at radius 3 is 2.63 bits per heavy atom. The molecule has 0 bridgehead atoms. The van der Waals surface area contributed by atoms with Gasteiger partial charge < -0.3 is 10.4 Å². The van der Waals surface area contributed by atoms with Gasteiger partial charge in [-0.3, -0.25) is 4.68 Å². The summed E-state index contributed by atoms with van der Waals surface area (Å²) < 4.78 is 14.6. The summed E-state index contributed by atoms with van der Waals surface area (Å²) in [6.45, 7) is 1.98. The van der Waals surface area contributed by atoms with Gasteiger partial charge in [0.1, 0.15) is 5.82 Å². The van der Waals surface area contributed by atoms with Crippen molar-refractivity contribution in [3.63, 3.8) is 0 Å². The number of halogens is 1. The van der Waals surface area contributed by atoms with Crippen molar-refractivity contribution in [2.24, 2.45) is 7.05 Å². The van der Waals surface area contributed by atoms with E-state index in [1.807, 2.05) is 20.2 Å². The highest BCUT2D eigenvalue weighted by Gasteiger charge is 2.16. The summed E-state index contributed by atoms with van der Waals surface area (Å²) >= 11 is 0. The van der Waals surface area contributed by atoms with Crippen LogP contribution in [0.2, 0.25) is 0 Å². The van der Waals surface area contributed by atoms with Gasteiger partial charge in [0.2, 0.25) is 0 Å². The van der Waals surface area contributed by atoms with Crippen LogP contribution in [0, 0.1) is 5.82 Å². The van der Waals surface area contributed by atoms with Gasteiger partial charge in [0.15, 0.2) is 0 Å². The third-order valence-corrected chi connectivity index (χ3v) is 3.02. The fraction of sp³-hybridized carbons (Fsp3) is 0.357. The Hall–Kier alpha value is -1.88. The summed E-state index contributed by atoms with van der Waals surface area (Å²) in [5.41, 5.74) is 2.69. The molecule has 0 fully saturated rings. The number of aryl methyl sites for hydroxylation is 2. The number of anilines is 1. The summed E-state index contributed by atoms with van der Waals surface area (Å²) in [4.78, 5) is 0. The van der Waals surface area contributed by atoms with E-state index in [-0.39, 0.29) is 18.5 Å². The van der Waals surface area contributed by atoms with E-state index in [1.165, 1.54) is 12.1 Å². The Bertz CT molecular complexity index is 536. The van der Waals surface area contributed by atoms with Gasteiger partial charge >= 0.3 is 0 Å². The number of aliphatic hydroxyl groups is 1. The SMILES string of the molecule is CCc1nn(C)cc1C(CO)Nc1ccc(F)cc1. The quantitative estimate of drug-likeness (QED) is 0.870. The molecule has 1 heterocycles. The van der Waals surface area contributed by atoms with E-state index in [0.29, 0.717) is 0 Å². The standard InChI is InChI=1S/C14H18FN3O/c1-3-13-12(8-18(2)17-13)14(9-19)16-11-6-4-10(15)5-7-11/h4-8,14,16,19H,3,9H2,1-2H3. The molecule has 0 amide bonds. The van der Waals surface area contributed by atoms with Crippen LogP contribution in [0.5, 0.6) is 0 Å². The molecule has 0 spiro atoms. The van der Waals surface area contributed by atoms with Gasteiger partial charge in [0.25, 0.3) is 0 Å². The number of aliphatic hydroxyl groups excluding tert-OH is 1. The number of hydrogen-bond donors (Lipinski definition) is 2. The maximum absolute atomic E-state index is 12.9. The van der Waals surface area contributed by atoms with Crippen LogP contribution in [-0.4, -0.2) is 21.5 Å². The molecule has 1 aromatic heterocycles. The zero-order valence-electron chi connectivity index (χ0n) is 11.1. The predicted molar refractivity (Wildman–Crippen MR) is 72.4 cm³/mol. The molecule has 1 aromatic carbocycles. The number of hydrogen-bond acceptors (Lipinski definition) is 3. The van der Waals surface area contributed by atoms with E-state index < -0.39 is 0 Å². The molecule has 102 valence electrons. The molecule has 5 heteroatoms. The number of aromatic nitrogens is 2. The lowest BCUT2D eigenvalue weighted by molar-refractivity contribution is 0.276. The lowest BCUT2D eigenvalue weighted by Gasteiger charge is -2.17. The Morgan fingerprint density at radius 2 is 2.05 bits per heavy atom. The summed E-state index contributed by atoms with van der Waals surface area (Å²) in [6, 6.07) is 5.84. The second kappa shape index (κ2) is 5.84. The lowest BCUT2D eigenvalue weighted by Crippen LogP contribution is -2.15. The highest BCUT2D eigenvalue weighted by molar-refractivity contribution is 5.45. The Kier molecular flexibility index (Phi) is 4.16. The van der Waals surface area contributed by atoms with Gasteiger partial charge in [-0.05, 0) is 30.7 Å². The zero-order chi connectivity index (χ0) is 13.8. The van der Waals surface area contributed by atoms with Gasteiger partial charge in [-0.25, -0.2) is 4.39 Å². The smallest absolute Gasteiger partial charge is 0.123 e. The first kappa shape index (κ1) is 13.5. The molecule has 19 heavy (non-hydrogen) atoms. The van der Waals surface area contributed by atoms with Crippen LogP contribution >= 0.6 is 0 Å². The molecule has 0 aliphatic carbocycles. The molecule has 4 nitrogen and oxygen atoms in total. The van der Waals surface area contributed by atoms with Crippen LogP contribution < -0.4 is 5.32 Å².